The number of piperidine rings is 1. The summed E-state index contributed by atoms with van der Waals surface area (Å²) >= 11 is 1.53. The lowest BCUT2D eigenvalue weighted by molar-refractivity contribution is -0.931. The molecule has 2 aromatic heterocycles. The zero-order valence-electron chi connectivity index (χ0n) is 17.4. The Kier molecular flexibility index (Phi) is 5.65. The maximum absolute atomic E-state index is 11.0. The molecule has 0 bridgehead atoms. The molecule has 29 heavy (non-hydrogen) atoms. The predicted octanol–water partition coefficient (Wildman–Crippen LogP) is 2.48. The number of aryl methyl sites for hydroxylation is 1. The monoisotopic (exact) mass is 417 g/mol. The smallest absolute Gasteiger partial charge is 0.235 e. The van der Waals surface area contributed by atoms with Crippen molar-refractivity contribution >= 4 is 16.3 Å². The second kappa shape index (κ2) is 8.20. The average molecular weight is 418 g/mol. The lowest BCUT2D eigenvalue weighted by Crippen LogP contribution is -3.13. The van der Waals surface area contributed by atoms with Gasteiger partial charge >= 0.3 is 0 Å². The first-order valence-electron chi connectivity index (χ1n) is 10.2. The molecule has 2 N–H and O–H groups in total. The molecule has 3 aromatic rings. The van der Waals surface area contributed by atoms with Gasteiger partial charge in [-0.05, 0) is 37.0 Å². The number of ether oxygens (including phenoxy) is 2. The Morgan fingerprint density at radius 3 is 2.59 bits per heavy atom. The van der Waals surface area contributed by atoms with Crippen LogP contribution in [0.3, 0.4) is 0 Å². The van der Waals surface area contributed by atoms with Crippen molar-refractivity contribution < 1.29 is 19.5 Å². The largest absolute Gasteiger partial charge is 0.493 e. The first kappa shape index (κ1) is 20.0. The first-order chi connectivity index (χ1) is 14.0. The van der Waals surface area contributed by atoms with Gasteiger partial charge in [-0.1, -0.05) is 25.2 Å². The van der Waals surface area contributed by atoms with Crippen LogP contribution in [0.5, 0.6) is 17.4 Å². The number of hydrogen-bond donors (Lipinski definition) is 2. The summed E-state index contributed by atoms with van der Waals surface area (Å²) in [6.45, 7) is 6.46. The molecule has 1 aliphatic heterocycles. The van der Waals surface area contributed by atoms with Gasteiger partial charge in [0.15, 0.2) is 23.4 Å². The van der Waals surface area contributed by atoms with Gasteiger partial charge in [0.05, 0.1) is 27.3 Å². The van der Waals surface area contributed by atoms with Gasteiger partial charge in [-0.15, -0.1) is 5.10 Å². The third-order valence-corrected chi connectivity index (χ3v) is 6.97. The predicted molar refractivity (Wildman–Crippen MR) is 112 cm³/mol. The topological polar surface area (TPSA) is 73.3 Å². The molecule has 0 spiro atoms. The van der Waals surface area contributed by atoms with E-state index in [0.29, 0.717) is 11.5 Å². The van der Waals surface area contributed by atoms with E-state index in [2.05, 4.69) is 23.1 Å². The number of aromatic hydroxyl groups is 1. The second-order valence-corrected chi connectivity index (χ2v) is 8.76. The van der Waals surface area contributed by atoms with E-state index in [1.165, 1.54) is 29.1 Å². The molecule has 1 fully saturated rings. The highest BCUT2D eigenvalue weighted by atomic mass is 32.1. The molecule has 7 nitrogen and oxygen atoms in total. The van der Waals surface area contributed by atoms with Crippen molar-refractivity contribution in [3.63, 3.8) is 0 Å². The molecule has 0 saturated carbocycles. The number of rotatable bonds is 6. The maximum atomic E-state index is 11.0. The van der Waals surface area contributed by atoms with Crippen molar-refractivity contribution in [2.45, 2.75) is 39.2 Å². The van der Waals surface area contributed by atoms with Gasteiger partial charge < -0.3 is 19.5 Å². The highest BCUT2D eigenvalue weighted by Gasteiger charge is 2.35. The fourth-order valence-electron chi connectivity index (χ4n) is 4.15. The van der Waals surface area contributed by atoms with Crippen LogP contribution in [0.4, 0.5) is 0 Å². The quantitative estimate of drug-likeness (QED) is 0.645. The molecular formula is C21H29N4O3S+. The third kappa shape index (κ3) is 3.67. The van der Waals surface area contributed by atoms with Crippen molar-refractivity contribution in [2.24, 2.45) is 5.92 Å². The summed E-state index contributed by atoms with van der Waals surface area (Å²) in [6.07, 6.45) is 3.11. The summed E-state index contributed by atoms with van der Waals surface area (Å²) in [5.41, 5.74) is 1.10. The van der Waals surface area contributed by atoms with Crippen LogP contribution in [0.2, 0.25) is 0 Å². The number of fused-ring (bicyclic) bond motifs is 1. The number of benzene rings is 1. The minimum atomic E-state index is 0.000817. The lowest BCUT2D eigenvalue weighted by Gasteiger charge is -2.33. The molecule has 1 aliphatic rings. The van der Waals surface area contributed by atoms with Crippen LogP contribution < -0.4 is 14.4 Å². The number of nitrogens with zero attached hydrogens (tertiary/aromatic N) is 3. The van der Waals surface area contributed by atoms with E-state index in [4.69, 9.17) is 9.47 Å². The van der Waals surface area contributed by atoms with Gasteiger partial charge in [-0.3, -0.25) is 0 Å². The summed E-state index contributed by atoms with van der Waals surface area (Å²) in [5, 5.41) is 15.5. The molecule has 0 amide bonds. The molecule has 0 radical (unpaired) electrons. The van der Waals surface area contributed by atoms with Crippen molar-refractivity contribution in [3.05, 3.63) is 34.5 Å². The zero-order chi connectivity index (χ0) is 20.5. The van der Waals surface area contributed by atoms with Gasteiger partial charge in [0.1, 0.15) is 4.88 Å². The van der Waals surface area contributed by atoms with E-state index in [1.54, 1.807) is 18.7 Å². The van der Waals surface area contributed by atoms with Gasteiger partial charge in [0.25, 0.3) is 0 Å². The summed E-state index contributed by atoms with van der Waals surface area (Å²) in [5.74, 6) is 3.10. The molecule has 4 rings (SSSR count). The maximum Gasteiger partial charge on any atom is 0.235 e. The first-order valence-corrected chi connectivity index (χ1v) is 11.0. The fraction of sp³-hybridized carbons (Fsp3) is 0.524. The second-order valence-electron chi connectivity index (χ2n) is 7.75. The molecule has 8 heteroatoms. The molecule has 0 aliphatic carbocycles. The number of hydrogen-bond acceptors (Lipinski definition) is 6. The van der Waals surface area contributed by atoms with E-state index >= 15 is 0 Å². The van der Waals surface area contributed by atoms with Crippen LogP contribution in [0.25, 0.3) is 4.96 Å². The van der Waals surface area contributed by atoms with E-state index < -0.39 is 0 Å². The fourth-order valence-corrected chi connectivity index (χ4v) is 5.31. The zero-order valence-corrected chi connectivity index (χ0v) is 18.3. The number of nitrogens with one attached hydrogen (secondary N) is 1. The van der Waals surface area contributed by atoms with Crippen LogP contribution >= 0.6 is 11.3 Å². The number of quaternary nitrogens is 1. The third-order valence-electron chi connectivity index (χ3n) is 5.89. The molecule has 1 saturated heterocycles. The van der Waals surface area contributed by atoms with Gasteiger partial charge in [0, 0.05) is 12.0 Å². The summed E-state index contributed by atoms with van der Waals surface area (Å²) in [6, 6.07) is 6.04. The Labute approximate surface area is 174 Å². The van der Waals surface area contributed by atoms with Gasteiger partial charge in [-0.25, -0.2) is 4.98 Å². The molecule has 0 unspecified atom stereocenters. The minimum Gasteiger partial charge on any atom is -0.493 e. The number of likely N-dealkylation sites (tertiary alicyclic amines) is 1. The standard InChI is InChI=1S/C21H28N4O3S/c1-5-17-22-21-25(23-17)20(26)19(29-21)18(24-10-8-13(2)9-11-24)14-6-7-15(27-3)16(12-14)28-4/h6-7,12-13,18,26H,5,8-11H2,1-4H3/p+1/t18-/m1/s1. The van der Waals surface area contributed by atoms with Gasteiger partial charge in [-0.2, -0.15) is 4.52 Å². The van der Waals surface area contributed by atoms with Crippen LogP contribution in [0, 0.1) is 5.92 Å². The molecule has 156 valence electrons. The SMILES string of the molecule is CCc1nc2sc([C@@H](c3ccc(OC)c(OC)c3)[NH+]3CCC(C)CC3)c(O)n2n1. The molecule has 1 aromatic carbocycles. The Hall–Kier alpha value is -2.32. The normalized spacial score (nSPS) is 20.7. The van der Waals surface area contributed by atoms with Crippen molar-refractivity contribution in [1.82, 2.24) is 14.6 Å². The van der Waals surface area contributed by atoms with E-state index in [9.17, 15) is 5.11 Å². The average Bonchev–Trinajstić information content (AvgIpc) is 3.28. The number of thiazole rings is 1. The summed E-state index contributed by atoms with van der Waals surface area (Å²) in [4.78, 5) is 7.66. The molecule has 1 atom stereocenters. The van der Waals surface area contributed by atoms with Crippen LogP contribution in [-0.4, -0.2) is 47.0 Å². The Morgan fingerprint density at radius 2 is 1.97 bits per heavy atom. The van der Waals surface area contributed by atoms with Crippen LogP contribution in [-0.2, 0) is 6.42 Å². The Morgan fingerprint density at radius 1 is 1.24 bits per heavy atom. The van der Waals surface area contributed by atoms with Crippen molar-refractivity contribution in [2.75, 3.05) is 27.3 Å². The lowest BCUT2D eigenvalue weighted by atomic mass is 9.95. The summed E-state index contributed by atoms with van der Waals surface area (Å²) < 4.78 is 12.5. The van der Waals surface area contributed by atoms with Crippen LogP contribution in [0.15, 0.2) is 18.2 Å². The summed E-state index contributed by atoms with van der Waals surface area (Å²) in [7, 11) is 3.29. The van der Waals surface area contributed by atoms with E-state index in [1.807, 2.05) is 19.1 Å². The van der Waals surface area contributed by atoms with E-state index in [-0.39, 0.29) is 11.9 Å². The van der Waals surface area contributed by atoms with E-state index in [0.717, 1.165) is 46.7 Å². The minimum absolute atomic E-state index is 0.000817. The highest BCUT2D eigenvalue weighted by Crippen LogP contribution is 2.38. The number of methoxy groups -OCH3 is 2. The Balaban J connectivity index is 1.81. The Bertz CT molecular complexity index is 991. The van der Waals surface area contributed by atoms with Gasteiger partial charge in [0.2, 0.25) is 10.8 Å². The van der Waals surface area contributed by atoms with Crippen molar-refractivity contribution in [1.29, 1.82) is 0 Å². The molecular weight excluding hydrogens is 388 g/mol. The van der Waals surface area contributed by atoms with Crippen LogP contribution in [0.1, 0.15) is 49.0 Å². The van der Waals surface area contributed by atoms with Crippen molar-refractivity contribution in [3.8, 4) is 17.4 Å². The molecule has 3 heterocycles. The number of aromatic nitrogens is 3. The highest BCUT2D eigenvalue weighted by molar-refractivity contribution is 7.17.